The van der Waals surface area contributed by atoms with Gasteiger partial charge in [-0.25, -0.2) is 0 Å². The average Bonchev–Trinajstić information content (AvgIpc) is 2.43. The van der Waals surface area contributed by atoms with Crippen LogP contribution in [0.2, 0.25) is 0 Å². The van der Waals surface area contributed by atoms with E-state index in [2.05, 4.69) is 30.4 Å². The summed E-state index contributed by atoms with van der Waals surface area (Å²) in [6.07, 6.45) is 3.22. The number of rotatable bonds is 6. The standard InChI is InChI=1S/C13H27N3OS/c1-5-12(10-18-4)15(3)11(2)13(17)16-8-6-14-7-9-16/h11-12,14H,5-10H2,1-4H3. The highest BCUT2D eigenvalue weighted by Crippen LogP contribution is 2.13. The number of piperazine rings is 1. The van der Waals surface area contributed by atoms with Crippen LogP contribution in [-0.2, 0) is 4.79 Å². The molecule has 1 heterocycles. The third-order valence-electron chi connectivity index (χ3n) is 3.80. The molecule has 0 spiro atoms. The lowest BCUT2D eigenvalue weighted by atomic mass is 10.1. The molecule has 1 fully saturated rings. The summed E-state index contributed by atoms with van der Waals surface area (Å²) in [6.45, 7) is 7.76. The monoisotopic (exact) mass is 273 g/mol. The van der Waals surface area contributed by atoms with Gasteiger partial charge in [-0.15, -0.1) is 0 Å². The Morgan fingerprint density at radius 1 is 1.44 bits per heavy atom. The summed E-state index contributed by atoms with van der Waals surface area (Å²) in [5.74, 6) is 1.37. The second-order valence-corrected chi connectivity index (χ2v) is 5.84. The Kier molecular flexibility index (Phi) is 7.04. The molecule has 0 aliphatic carbocycles. The van der Waals surface area contributed by atoms with Gasteiger partial charge in [0.2, 0.25) is 5.91 Å². The first kappa shape index (κ1) is 15.8. The largest absolute Gasteiger partial charge is 0.339 e. The molecule has 1 aliphatic heterocycles. The van der Waals surface area contributed by atoms with Crippen LogP contribution in [0.25, 0.3) is 0 Å². The van der Waals surface area contributed by atoms with Crippen LogP contribution in [0.15, 0.2) is 0 Å². The number of likely N-dealkylation sites (N-methyl/N-ethyl adjacent to an activating group) is 1. The van der Waals surface area contributed by atoms with Crippen LogP contribution in [0, 0.1) is 0 Å². The smallest absolute Gasteiger partial charge is 0.239 e. The molecule has 1 amide bonds. The fourth-order valence-electron chi connectivity index (χ4n) is 2.36. The molecule has 106 valence electrons. The first-order valence-electron chi connectivity index (χ1n) is 6.82. The molecule has 1 aliphatic rings. The van der Waals surface area contributed by atoms with Crippen molar-refractivity contribution in [3.8, 4) is 0 Å². The van der Waals surface area contributed by atoms with Gasteiger partial charge in [0.25, 0.3) is 0 Å². The van der Waals surface area contributed by atoms with Crippen molar-refractivity contribution >= 4 is 17.7 Å². The summed E-state index contributed by atoms with van der Waals surface area (Å²) in [5.41, 5.74) is 0. The van der Waals surface area contributed by atoms with Crippen molar-refractivity contribution in [2.75, 3.05) is 45.2 Å². The number of nitrogens with zero attached hydrogens (tertiary/aromatic N) is 2. The van der Waals surface area contributed by atoms with Crippen LogP contribution in [-0.4, -0.2) is 73.0 Å². The number of carbonyl (C=O) groups is 1. The lowest BCUT2D eigenvalue weighted by Gasteiger charge is -2.36. The van der Waals surface area contributed by atoms with Crippen molar-refractivity contribution in [1.82, 2.24) is 15.1 Å². The molecule has 0 aromatic rings. The van der Waals surface area contributed by atoms with E-state index < -0.39 is 0 Å². The number of hydrogen-bond donors (Lipinski definition) is 1. The summed E-state index contributed by atoms with van der Waals surface area (Å²) >= 11 is 1.85. The minimum absolute atomic E-state index is 0.0137. The Morgan fingerprint density at radius 3 is 2.56 bits per heavy atom. The Labute approximate surface area is 115 Å². The maximum atomic E-state index is 12.4. The van der Waals surface area contributed by atoms with Gasteiger partial charge in [0.1, 0.15) is 0 Å². The molecule has 0 saturated carbocycles. The molecule has 1 N–H and O–H groups in total. The van der Waals surface area contributed by atoms with E-state index in [1.54, 1.807) is 0 Å². The highest BCUT2D eigenvalue weighted by Gasteiger charge is 2.27. The van der Waals surface area contributed by atoms with Gasteiger partial charge in [-0.1, -0.05) is 6.92 Å². The van der Waals surface area contributed by atoms with Gasteiger partial charge in [-0.05, 0) is 26.6 Å². The molecule has 1 saturated heterocycles. The van der Waals surface area contributed by atoms with Crippen molar-refractivity contribution in [3.63, 3.8) is 0 Å². The molecule has 5 heteroatoms. The first-order valence-corrected chi connectivity index (χ1v) is 8.21. The molecule has 2 unspecified atom stereocenters. The zero-order chi connectivity index (χ0) is 13.5. The van der Waals surface area contributed by atoms with Crippen molar-refractivity contribution in [2.24, 2.45) is 0 Å². The summed E-state index contributed by atoms with van der Waals surface area (Å²) in [6, 6.07) is 0.474. The highest BCUT2D eigenvalue weighted by atomic mass is 32.2. The predicted octanol–water partition coefficient (Wildman–Crippen LogP) is 0.880. The van der Waals surface area contributed by atoms with Gasteiger partial charge in [0.05, 0.1) is 6.04 Å². The van der Waals surface area contributed by atoms with Crippen molar-refractivity contribution in [3.05, 3.63) is 0 Å². The second-order valence-electron chi connectivity index (χ2n) is 4.93. The van der Waals surface area contributed by atoms with Gasteiger partial charge in [0.15, 0.2) is 0 Å². The Balaban J connectivity index is 2.54. The minimum Gasteiger partial charge on any atom is -0.339 e. The van der Waals surface area contributed by atoms with E-state index in [9.17, 15) is 4.79 Å². The molecule has 2 atom stereocenters. The number of amides is 1. The van der Waals surface area contributed by atoms with Gasteiger partial charge < -0.3 is 10.2 Å². The molecule has 4 nitrogen and oxygen atoms in total. The zero-order valence-corrected chi connectivity index (χ0v) is 12.9. The van der Waals surface area contributed by atoms with Crippen LogP contribution < -0.4 is 5.32 Å². The van der Waals surface area contributed by atoms with Crippen molar-refractivity contribution < 1.29 is 4.79 Å². The Bertz CT molecular complexity index is 257. The third-order valence-corrected chi connectivity index (χ3v) is 4.52. The maximum absolute atomic E-state index is 12.4. The normalized spacial score (nSPS) is 19.9. The first-order chi connectivity index (χ1) is 8.61. The second kappa shape index (κ2) is 8.02. The average molecular weight is 273 g/mol. The summed E-state index contributed by atoms with van der Waals surface area (Å²) < 4.78 is 0. The fraction of sp³-hybridized carbons (Fsp3) is 0.923. The van der Waals surface area contributed by atoms with E-state index in [-0.39, 0.29) is 11.9 Å². The van der Waals surface area contributed by atoms with Gasteiger partial charge in [-0.3, -0.25) is 9.69 Å². The molecule has 0 aromatic heterocycles. The van der Waals surface area contributed by atoms with Gasteiger partial charge >= 0.3 is 0 Å². The van der Waals surface area contributed by atoms with Gasteiger partial charge in [-0.2, -0.15) is 11.8 Å². The molecule has 0 radical (unpaired) electrons. The number of thioether (sulfide) groups is 1. The van der Waals surface area contributed by atoms with Crippen LogP contribution in [0.4, 0.5) is 0 Å². The number of nitrogens with one attached hydrogen (secondary N) is 1. The minimum atomic E-state index is -0.0137. The Morgan fingerprint density at radius 2 is 2.06 bits per heavy atom. The topological polar surface area (TPSA) is 35.6 Å². The third kappa shape index (κ3) is 4.14. The molecule has 0 aromatic carbocycles. The van der Waals surface area contributed by atoms with E-state index in [4.69, 9.17) is 0 Å². The molecule has 18 heavy (non-hydrogen) atoms. The zero-order valence-electron chi connectivity index (χ0n) is 12.1. The van der Waals surface area contributed by atoms with E-state index in [0.29, 0.717) is 6.04 Å². The van der Waals surface area contributed by atoms with E-state index in [0.717, 1.165) is 38.4 Å². The van der Waals surface area contributed by atoms with Crippen LogP contribution >= 0.6 is 11.8 Å². The van der Waals surface area contributed by atoms with E-state index in [1.165, 1.54) is 0 Å². The number of carbonyl (C=O) groups excluding carboxylic acids is 1. The highest BCUT2D eigenvalue weighted by molar-refractivity contribution is 7.98. The van der Waals surface area contributed by atoms with Gasteiger partial charge in [0, 0.05) is 38.0 Å². The summed E-state index contributed by atoms with van der Waals surface area (Å²) in [7, 11) is 2.08. The van der Waals surface area contributed by atoms with Crippen LogP contribution in [0.1, 0.15) is 20.3 Å². The SMILES string of the molecule is CCC(CSC)N(C)C(C)C(=O)N1CCNCC1. The molecular formula is C13H27N3OS. The predicted molar refractivity (Wildman–Crippen MR) is 79.1 cm³/mol. The lowest BCUT2D eigenvalue weighted by Crippen LogP contribution is -2.54. The molecular weight excluding hydrogens is 246 g/mol. The Hall–Kier alpha value is -0.260. The van der Waals surface area contributed by atoms with E-state index in [1.807, 2.05) is 23.6 Å². The quantitative estimate of drug-likeness (QED) is 0.779. The molecule has 1 rings (SSSR count). The molecule has 0 bridgehead atoms. The van der Waals surface area contributed by atoms with Crippen LogP contribution in [0.3, 0.4) is 0 Å². The van der Waals surface area contributed by atoms with Crippen LogP contribution in [0.5, 0.6) is 0 Å². The van der Waals surface area contributed by atoms with Crippen molar-refractivity contribution in [2.45, 2.75) is 32.4 Å². The van der Waals surface area contributed by atoms with Crippen molar-refractivity contribution in [1.29, 1.82) is 0 Å². The summed E-state index contributed by atoms with van der Waals surface area (Å²) in [4.78, 5) is 16.6. The number of hydrogen-bond acceptors (Lipinski definition) is 4. The fourth-order valence-corrected chi connectivity index (χ4v) is 3.21. The van der Waals surface area contributed by atoms with E-state index >= 15 is 0 Å². The maximum Gasteiger partial charge on any atom is 0.239 e. The lowest BCUT2D eigenvalue weighted by molar-refractivity contribution is -0.137. The summed E-state index contributed by atoms with van der Waals surface area (Å²) in [5, 5.41) is 3.28.